The molecule has 18 heavy (non-hydrogen) atoms. The third-order valence-corrected chi connectivity index (χ3v) is 2.86. The molecule has 0 atom stereocenters. The molecule has 0 radical (unpaired) electrons. The number of hydrogen-bond donors (Lipinski definition) is 1. The minimum Gasteiger partial charge on any atom is -0.403 e. The van der Waals surface area contributed by atoms with Crippen LogP contribution in [0, 0.1) is 4.77 Å². The molecule has 0 saturated heterocycles. The summed E-state index contributed by atoms with van der Waals surface area (Å²) in [6.07, 6.45) is -1.70. The Balaban J connectivity index is 2.54. The van der Waals surface area contributed by atoms with E-state index in [9.17, 15) is 13.2 Å². The Bertz CT molecular complexity index is 620. The SMILES string of the molecule is FC(F)(F)Oc1cc(Br)ccc1-n1cc[nH]c1=S. The summed E-state index contributed by atoms with van der Waals surface area (Å²) in [4.78, 5) is 2.70. The van der Waals surface area contributed by atoms with Crippen LogP contribution in [-0.2, 0) is 0 Å². The molecule has 0 saturated carbocycles. The van der Waals surface area contributed by atoms with Crippen LogP contribution in [0.2, 0.25) is 0 Å². The second-order valence-electron chi connectivity index (χ2n) is 3.30. The number of hydrogen-bond acceptors (Lipinski definition) is 2. The van der Waals surface area contributed by atoms with Crippen LogP contribution in [0.1, 0.15) is 0 Å². The number of imidazole rings is 1. The summed E-state index contributed by atoms with van der Waals surface area (Å²) in [6.45, 7) is 0. The molecule has 8 heteroatoms. The first-order valence-electron chi connectivity index (χ1n) is 4.68. The van der Waals surface area contributed by atoms with Gasteiger partial charge in [-0.15, -0.1) is 13.2 Å². The van der Waals surface area contributed by atoms with Gasteiger partial charge in [-0.25, -0.2) is 0 Å². The first-order chi connectivity index (χ1) is 8.37. The van der Waals surface area contributed by atoms with Crippen molar-refractivity contribution in [3.63, 3.8) is 0 Å². The molecule has 1 heterocycles. The van der Waals surface area contributed by atoms with Gasteiger partial charge >= 0.3 is 6.36 Å². The van der Waals surface area contributed by atoms with Crippen molar-refractivity contribution in [3.05, 3.63) is 39.8 Å². The number of alkyl halides is 3. The molecule has 0 fully saturated rings. The van der Waals surface area contributed by atoms with Gasteiger partial charge in [0.15, 0.2) is 10.5 Å². The molecule has 0 unspecified atom stereocenters. The Morgan fingerprint density at radius 1 is 1.33 bits per heavy atom. The smallest absolute Gasteiger partial charge is 0.403 e. The normalized spacial score (nSPS) is 11.6. The van der Waals surface area contributed by atoms with Gasteiger partial charge in [0.1, 0.15) is 0 Å². The lowest BCUT2D eigenvalue weighted by Crippen LogP contribution is -2.18. The zero-order chi connectivity index (χ0) is 13.3. The van der Waals surface area contributed by atoms with Gasteiger partial charge < -0.3 is 9.72 Å². The number of halogens is 4. The molecule has 1 aromatic heterocycles. The van der Waals surface area contributed by atoms with E-state index >= 15 is 0 Å². The van der Waals surface area contributed by atoms with Gasteiger partial charge in [0.2, 0.25) is 0 Å². The fraction of sp³-hybridized carbons (Fsp3) is 0.100. The highest BCUT2D eigenvalue weighted by Crippen LogP contribution is 2.31. The lowest BCUT2D eigenvalue weighted by Gasteiger charge is -2.14. The van der Waals surface area contributed by atoms with Crippen molar-refractivity contribution in [1.29, 1.82) is 0 Å². The quantitative estimate of drug-likeness (QED) is 0.832. The Kier molecular flexibility index (Phi) is 3.49. The Hall–Kier alpha value is -1.28. The van der Waals surface area contributed by atoms with Crippen LogP contribution in [0.15, 0.2) is 35.1 Å². The molecule has 1 N–H and O–H groups in total. The van der Waals surface area contributed by atoms with Crippen LogP contribution in [0.5, 0.6) is 5.75 Å². The third kappa shape index (κ3) is 2.94. The van der Waals surface area contributed by atoms with E-state index in [-0.39, 0.29) is 16.2 Å². The van der Waals surface area contributed by atoms with E-state index in [4.69, 9.17) is 12.2 Å². The standard InChI is InChI=1S/C10H6BrF3N2OS/c11-6-1-2-7(16-4-3-15-9(16)18)8(5-6)17-10(12,13)14/h1-5H,(H,15,18). The van der Waals surface area contributed by atoms with Crippen molar-refractivity contribution in [2.75, 3.05) is 0 Å². The number of aromatic amines is 1. The predicted molar refractivity (Wildman–Crippen MR) is 65.3 cm³/mol. The number of H-pyrrole nitrogens is 1. The van der Waals surface area contributed by atoms with Gasteiger partial charge in [-0.3, -0.25) is 4.57 Å². The summed E-state index contributed by atoms with van der Waals surface area (Å²) in [6, 6.07) is 4.32. The molecule has 0 aliphatic heterocycles. The number of ether oxygens (including phenoxy) is 1. The maximum absolute atomic E-state index is 12.3. The van der Waals surface area contributed by atoms with Crippen LogP contribution in [-0.4, -0.2) is 15.9 Å². The molecule has 0 amide bonds. The second-order valence-corrected chi connectivity index (χ2v) is 4.60. The zero-order valence-electron chi connectivity index (χ0n) is 8.66. The molecule has 1 aromatic carbocycles. The molecule has 0 spiro atoms. The number of aromatic nitrogens is 2. The van der Waals surface area contributed by atoms with E-state index in [1.165, 1.54) is 29.1 Å². The maximum Gasteiger partial charge on any atom is 0.573 e. The van der Waals surface area contributed by atoms with Crippen molar-refractivity contribution in [2.24, 2.45) is 0 Å². The molecule has 2 aromatic rings. The lowest BCUT2D eigenvalue weighted by molar-refractivity contribution is -0.274. The first kappa shape index (κ1) is 13.2. The molecule has 3 nitrogen and oxygen atoms in total. The topological polar surface area (TPSA) is 29.9 Å². The average Bonchev–Trinajstić information content (AvgIpc) is 2.62. The fourth-order valence-corrected chi connectivity index (χ4v) is 1.97. The van der Waals surface area contributed by atoms with Crippen molar-refractivity contribution >= 4 is 28.1 Å². The molecule has 2 rings (SSSR count). The molecular weight excluding hydrogens is 333 g/mol. The summed E-state index contributed by atoms with van der Waals surface area (Å²) in [5.74, 6) is -0.326. The van der Waals surface area contributed by atoms with Gasteiger partial charge in [-0.1, -0.05) is 15.9 Å². The summed E-state index contributed by atoms with van der Waals surface area (Å²) >= 11 is 8.06. The summed E-state index contributed by atoms with van der Waals surface area (Å²) in [5.41, 5.74) is 0.210. The molecule has 0 aliphatic rings. The Morgan fingerprint density at radius 3 is 2.61 bits per heavy atom. The Morgan fingerprint density at radius 2 is 2.06 bits per heavy atom. The van der Waals surface area contributed by atoms with Gasteiger partial charge in [-0.05, 0) is 30.4 Å². The van der Waals surface area contributed by atoms with E-state index in [1.54, 1.807) is 6.07 Å². The van der Waals surface area contributed by atoms with Crippen LogP contribution in [0.4, 0.5) is 13.2 Å². The van der Waals surface area contributed by atoms with Crippen LogP contribution in [0.25, 0.3) is 5.69 Å². The minimum atomic E-state index is -4.76. The minimum absolute atomic E-state index is 0.210. The van der Waals surface area contributed by atoms with Gasteiger partial charge in [-0.2, -0.15) is 0 Å². The zero-order valence-corrected chi connectivity index (χ0v) is 11.1. The van der Waals surface area contributed by atoms with Gasteiger partial charge in [0.05, 0.1) is 5.69 Å². The van der Waals surface area contributed by atoms with Crippen LogP contribution >= 0.6 is 28.1 Å². The van der Waals surface area contributed by atoms with Crippen LogP contribution in [0.3, 0.4) is 0 Å². The number of rotatable bonds is 2. The average molecular weight is 339 g/mol. The van der Waals surface area contributed by atoms with Crippen molar-refractivity contribution in [2.45, 2.75) is 6.36 Å². The molecule has 0 bridgehead atoms. The van der Waals surface area contributed by atoms with Gasteiger partial charge in [0, 0.05) is 16.9 Å². The second kappa shape index (κ2) is 4.77. The molecule has 0 aliphatic carbocycles. The van der Waals surface area contributed by atoms with E-state index < -0.39 is 6.36 Å². The molecule has 96 valence electrons. The number of benzene rings is 1. The lowest BCUT2D eigenvalue weighted by atomic mass is 10.3. The Labute approximate surface area is 113 Å². The van der Waals surface area contributed by atoms with Crippen molar-refractivity contribution in [3.8, 4) is 11.4 Å². The van der Waals surface area contributed by atoms with E-state index in [0.717, 1.165) is 0 Å². The fourth-order valence-electron chi connectivity index (χ4n) is 1.40. The summed E-state index contributed by atoms with van der Waals surface area (Å²) in [7, 11) is 0. The number of nitrogens with zero attached hydrogens (tertiary/aromatic N) is 1. The third-order valence-electron chi connectivity index (χ3n) is 2.06. The van der Waals surface area contributed by atoms with E-state index in [2.05, 4.69) is 25.7 Å². The van der Waals surface area contributed by atoms with E-state index in [0.29, 0.717) is 4.47 Å². The largest absolute Gasteiger partial charge is 0.573 e. The van der Waals surface area contributed by atoms with Crippen molar-refractivity contribution < 1.29 is 17.9 Å². The highest BCUT2D eigenvalue weighted by Gasteiger charge is 2.32. The van der Waals surface area contributed by atoms with E-state index in [1.807, 2.05) is 0 Å². The van der Waals surface area contributed by atoms with Crippen molar-refractivity contribution in [1.82, 2.24) is 9.55 Å². The monoisotopic (exact) mass is 338 g/mol. The number of nitrogens with one attached hydrogen (secondary N) is 1. The molecular formula is C10H6BrF3N2OS. The highest BCUT2D eigenvalue weighted by atomic mass is 79.9. The first-order valence-corrected chi connectivity index (χ1v) is 5.89. The highest BCUT2D eigenvalue weighted by molar-refractivity contribution is 9.10. The maximum atomic E-state index is 12.3. The predicted octanol–water partition coefficient (Wildman–Crippen LogP) is 4.20. The summed E-state index contributed by atoms with van der Waals surface area (Å²) < 4.78 is 43.1. The summed E-state index contributed by atoms with van der Waals surface area (Å²) in [5, 5.41) is 0. The van der Waals surface area contributed by atoms with Crippen LogP contribution < -0.4 is 4.74 Å². The van der Waals surface area contributed by atoms with Gasteiger partial charge in [0.25, 0.3) is 0 Å².